The van der Waals surface area contributed by atoms with E-state index < -0.39 is 0 Å². The molecule has 0 fully saturated rings. The predicted octanol–water partition coefficient (Wildman–Crippen LogP) is 5.97. The molecule has 0 bridgehead atoms. The first kappa shape index (κ1) is 18.0. The van der Waals surface area contributed by atoms with Gasteiger partial charge in [0.2, 0.25) is 0 Å². The Morgan fingerprint density at radius 1 is 1.17 bits per heavy atom. The molecule has 0 N–H and O–H groups in total. The first-order chi connectivity index (χ1) is 10.7. The molecule has 0 aromatic heterocycles. The van der Waals surface area contributed by atoms with Crippen molar-refractivity contribution < 1.29 is 9.53 Å². The van der Waals surface area contributed by atoms with Crippen LogP contribution in [0.15, 0.2) is 40.9 Å². The summed E-state index contributed by atoms with van der Waals surface area (Å²) in [5.74, 6) is 0.485. The second-order valence-corrected chi connectivity index (χ2v) is 7.90. The maximum atomic E-state index is 12.3. The third-order valence-corrected chi connectivity index (χ3v) is 4.35. The molecular formula is C19H20BrClO2. The van der Waals surface area contributed by atoms with Gasteiger partial charge in [0.25, 0.3) is 0 Å². The minimum Gasteiger partial charge on any atom is -0.484 e. The molecule has 0 radical (unpaired) electrons. The zero-order chi connectivity index (χ0) is 17.2. The number of carbonyl (C=O) groups is 1. The van der Waals surface area contributed by atoms with Crippen LogP contribution in [0, 0.1) is 6.92 Å². The highest BCUT2D eigenvalue weighted by Gasteiger charge is 2.15. The van der Waals surface area contributed by atoms with Gasteiger partial charge in [0.05, 0.1) is 5.02 Å². The van der Waals surface area contributed by atoms with E-state index in [1.54, 1.807) is 6.07 Å². The lowest BCUT2D eigenvalue weighted by molar-refractivity contribution is 0.0921. The van der Waals surface area contributed by atoms with E-state index in [4.69, 9.17) is 16.3 Å². The van der Waals surface area contributed by atoms with Crippen molar-refractivity contribution >= 4 is 33.3 Å². The lowest BCUT2D eigenvalue weighted by Crippen LogP contribution is -2.14. The summed E-state index contributed by atoms with van der Waals surface area (Å²) < 4.78 is 6.52. The van der Waals surface area contributed by atoms with Crippen molar-refractivity contribution in [2.75, 3.05) is 6.61 Å². The van der Waals surface area contributed by atoms with Gasteiger partial charge < -0.3 is 4.74 Å². The molecule has 2 nitrogen and oxygen atoms in total. The molecule has 4 heteroatoms. The van der Waals surface area contributed by atoms with Crippen molar-refractivity contribution in [3.63, 3.8) is 0 Å². The summed E-state index contributed by atoms with van der Waals surface area (Å²) >= 11 is 9.55. The Balaban J connectivity index is 2.09. The highest BCUT2D eigenvalue weighted by atomic mass is 79.9. The fourth-order valence-corrected chi connectivity index (χ4v) is 3.27. The molecule has 122 valence electrons. The lowest BCUT2D eigenvalue weighted by Gasteiger charge is -2.19. The Hall–Kier alpha value is -1.32. The van der Waals surface area contributed by atoms with Crippen molar-refractivity contribution in [2.45, 2.75) is 33.1 Å². The maximum Gasteiger partial charge on any atom is 0.200 e. The third-order valence-electron chi connectivity index (χ3n) is 3.61. The van der Waals surface area contributed by atoms with Gasteiger partial charge in [0.1, 0.15) is 5.75 Å². The smallest absolute Gasteiger partial charge is 0.200 e. The standard InChI is InChI=1S/C19H20BrClO2/c1-12-9-15(20)10-16(21)18(12)23-11-17(22)13-5-7-14(8-6-13)19(2,3)4/h5-10H,11H2,1-4H3. The first-order valence-electron chi connectivity index (χ1n) is 7.40. The van der Waals surface area contributed by atoms with E-state index in [1.807, 2.05) is 37.3 Å². The molecule has 0 saturated heterocycles. The largest absolute Gasteiger partial charge is 0.484 e. The molecule has 0 atom stereocenters. The van der Waals surface area contributed by atoms with Gasteiger partial charge in [0.15, 0.2) is 12.4 Å². The molecule has 0 aliphatic rings. The van der Waals surface area contributed by atoms with Crippen LogP contribution in [-0.4, -0.2) is 12.4 Å². The van der Waals surface area contributed by atoms with Crippen molar-refractivity contribution in [1.82, 2.24) is 0 Å². The molecule has 0 spiro atoms. The first-order valence-corrected chi connectivity index (χ1v) is 8.58. The van der Waals surface area contributed by atoms with Crippen LogP contribution < -0.4 is 4.74 Å². The highest BCUT2D eigenvalue weighted by Crippen LogP contribution is 2.32. The summed E-state index contributed by atoms with van der Waals surface area (Å²) in [5, 5.41) is 0.493. The molecule has 2 aromatic rings. The van der Waals surface area contributed by atoms with Crippen LogP contribution >= 0.6 is 27.5 Å². The monoisotopic (exact) mass is 394 g/mol. The minimum atomic E-state index is -0.0659. The van der Waals surface area contributed by atoms with E-state index in [-0.39, 0.29) is 17.8 Å². The summed E-state index contributed by atoms with van der Waals surface area (Å²) in [6.07, 6.45) is 0. The summed E-state index contributed by atoms with van der Waals surface area (Å²) in [6, 6.07) is 11.3. The number of ketones is 1. The van der Waals surface area contributed by atoms with Crippen LogP contribution in [0.1, 0.15) is 42.3 Å². The number of hydrogen-bond donors (Lipinski definition) is 0. The lowest BCUT2D eigenvalue weighted by atomic mass is 9.86. The van der Waals surface area contributed by atoms with Crippen molar-refractivity contribution in [3.05, 3.63) is 62.6 Å². The van der Waals surface area contributed by atoms with Crippen molar-refractivity contribution in [1.29, 1.82) is 0 Å². The Morgan fingerprint density at radius 2 is 1.78 bits per heavy atom. The minimum absolute atomic E-state index is 0.0307. The normalized spacial score (nSPS) is 11.4. The van der Waals surface area contributed by atoms with Crippen molar-refractivity contribution in [2.24, 2.45) is 0 Å². The van der Waals surface area contributed by atoms with Crippen LogP contribution in [0.25, 0.3) is 0 Å². The van der Waals surface area contributed by atoms with E-state index >= 15 is 0 Å². The number of aryl methyl sites for hydroxylation is 1. The van der Waals surface area contributed by atoms with Gasteiger partial charge in [0, 0.05) is 10.0 Å². The Bertz CT molecular complexity index is 692. The zero-order valence-electron chi connectivity index (χ0n) is 13.7. The molecule has 0 unspecified atom stereocenters. The van der Waals surface area contributed by atoms with Crippen LogP contribution in [0.2, 0.25) is 5.02 Å². The number of rotatable bonds is 4. The number of halogens is 2. The molecule has 0 aliphatic heterocycles. The molecule has 0 amide bonds. The molecule has 23 heavy (non-hydrogen) atoms. The predicted molar refractivity (Wildman–Crippen MR) is 98.9 cm³/mol. The molecule has 0 heterocycles. The molecule has 0 aliphatic carbocycles. The molecule has 2 aromatic carbocycles. The fourth-order valence-electron chi connectivity index (χ4n) is 2.25. The van der Waals surface area contributed by atoms with Gasteiger partial charge >= 0.3 is 0 Å². The van der Waals surface area contributed by atoms with E-state index in [0.29, 0.717) is 16.3 Å². The number of benzene rings is 2. The SMILES string of the molecule is Cc1cc(Br)cc(Cl)c1OCC(=O)c1ccc(C(C)(C)C)cc1. The average Bonchev–Trinajstić information content (AvgIpc) is 2.45. The zero-order valence-corrected chi connectivity index (χ0v) is 16.1. The number of carbonyl (C=O) groups excluding carboxylic acids is 1. The van der Waals surface area contributed by atoms with Crippen molar-refractivity contribution in [3.8, 4) is 5.75 Å². The van der Waals surface area contributed by atoms with Crippen LogP contribution in [-0.2, 0) is 5.41 Å². The third kappa shape index (κ3) is 4.58. The topological polar surface area (TPSA) is 26.3 Å². The van der Waals surface area contributed by atoms with E-state index in [9.17, 15) is 4.79 Å². The fraction of sp³-hybridized carbons (Fsp3) is 0.316. The van der Waals surface area contributed by atoms with Crippen LogP contribution in [0.4, 0.5) is 0 Å². The Kier molecular flexibility index (Phi) is 5.53. The second-order valence-electron chi connectivity index (χ2n) is 6.57. The van der Waals surface area contributed by atoms with Gasteiger partial charge in [-0.15, -0.1) is 0 Å². The summed E-state index contributed by atoms with van der Waals surface area (Å²) in [5.41, 5.74) is 2.80. The quantitative estimate of drug-likeness (QED) is 0.596. The summed E-state index contributed by atoms with van der Waals surface area (Å²) in [7, 11) is 0. The number of Topliss-reactive ketones (excluding diaryl/α,β-unsaturated/α-hetero) is 1. The van der Waals surface area contributed by atoms with Crippen LogP contribution in [0.5, 0.6) is 5.75 Å². The van der Waals surface area contributed by atoms with E-state index in [2.05, 4.69) is 36.7 Å². The summed E-state index contributed by atoms with van der Waals surface area (Å²) in [4.78, 5) is 12.3. The van der Waals surface area contributed by atoms with Gasteiger partial charge in [-0.3, -0.25) is 4.79 Å². The van der Waals surface area contributed by atoms with Gasteiger partial charge in [-0.25, -0.2) is 0 Å². The summed E-state index contributed by atoms with van der Waals surface area (Å²) in [6.45, 7) is 8.30. The maximum absolute atomic E-state index is 12.3. The molecule has 2 rings (SSSR count). The number of hydrogen-bond acceptors (Lipinski definition) is 2. The second kappa shape index (κ2) is 7.06. The Morgan fingerprint density at radius 3 is 2.30 bits per heavy atom. The van der Waals surface area contributed by atoms with E-state index in [0.717, 1.165) is 10.0 Å². The van der Waals surface area contributed by atoms with E-state index in [1.165, 1.54) is 5.56 Å². The number of ether oxygens (including phenoxy) is 1. The van der Waals surface area contributed by atoms with Gasteiger partial charge in [-0.05, 0) is 35.6 Å². The highest BCUT2D eigenvalue weighted by molar-refractivity contribution is 9.10. The van der Waals surface area contributed by atoms with Crippen LogP contribution in [0.3, 0.4) is 0 Å². The molecule has 0 saturated carbocycles. The Labute approximate surface area is 150 Å². The average molecular weight is 396 g/mol. The van der Waals surface area contributed by atoms with Gasteiger partial charge in [-0.1, -0.05) is 72.6 Å². The van der Waals surface area contributed by atoms with Gasteiger partial charge in [-0.2, -0.15) is 0 Å². The molecular weight excluding hydrogens is 376 g/mol.